The number of hydrogen-bond donors (Lipinski definition) is 4. The predicted octanol–water partition coefficient (Wildman–Crippen LogP) is 4.05. The van der Waals surface area contributed by atoms with Gasteiger partial charge in [0.15, 0.2) is 12.2 Å². The molecule has 4 N–H and O–H groups in total. The predicted molar refractivity (Wildman–Crippen MR) is 178 cm³/mol. The summed E-state index contributed by atoms with van der Waals surface area (Å²) >= 11 is 0. The smallest absolute Gasteiger partial charge is 0.407 e. The third-order valence-electron chi connectivity index (χ3n) is 8.39. The van der Waals surface area contributed by atoms with E-state index in [0.717, 1.165) is 12.0 Å². The Hall–Kier alpha value is -3.49. The molecule has 0 spiro atoms. The lowest BCUT2D eigenvalue weighted by Crippen LogP contribution is -2.51. The molecule has 1 aromatic heterocycles. The number of nitrogens with zero attached hydrogens (tertiary/aromatic N) is 2. The molecule has 0 unspecified atom stereocenters. The number of rotatable bonds is 14. The minimum Gasteiger partial charge on any atom is -0.494 e. The molecule has 0 saturated carbocycles. The first-order valence-corrected chi connectivity index (χ1v) is 17.6. The van der Waals surface area contributed by atoms with Crippen molar-refractivity contribution in [3.8, 4) is 5.88 Å². The van der Waals surface area contributed by atoms with Gasteiger partial charge in [-0.05, 0) is 42.4 Å². The third kappa shape index (κ3) is 8.52. The van der Waals surface area contributed by atoms with Crippen LogP contribution in [0.5, 0.6) is 5.88 Å². The van der Waals surface area contributed by atoms with Crippen molar-refractivity contribution < 1.29 is 37.6 Å². The minimum absolute atomic E-state index is 0.00585. The lowest BCUT2D eigenvalue weighted by molar-refractivity contribution is -0.0907. The Kier molecular flexibility index (Phi) is 11.2. The molecule has 1 amide bonds. The number of aliphatic hydroxyl groups excluding tert-OH is 1. The van der Waals surface area contributed by atoms with Crippen LogP contribution in [0.1, 0.15) is 45.2 Å². The number of benzene rings is 2. The zero-order valence-corrected chi connectivity index (χ0v) is 28.2. The van der Waals surface area contributed by atoms with Gasteiger partial charge >= 0.3 is 6.09 Å². The summed E-state index contributed by atoms with van der Waals surface area (Å²) in [6.07, 6.45) is -0.283. The average molecular weight is 671 g/mol. The van der Waals surface area contributed by atoms with Crippen molar-refractivity contribution in [3.63, 3.8) is 0 Å². The number of aromatic amines is 1. The largest absolute Gasteiger partial charge is 0.494 e. The first kappa shape index (κ1) is 34.8. The van der Waals surface area contributed by atoms with Crippen LogP contribution in [0.25, 0.3) is 10.9 Å². The summed E-state index contributed by atoms with van der Waals surface area (Å²) in [4.78, 5) is 20.4. The van der Waals surface area contributed by atoms with Gasteiger partial charge in [-0.2, -0.15) is 4.31 Å². The summed E-state index contributed by atoms with van der Waals surface area (Å²) in [5, 5.41) is 25.6. The monoisotopic (exact) mass is 670 g/mol. The fourth-order valence-electron chi connectivity index (χ4n) is 6.01. The average Bonchev–Trinajstić information content (AvgIpc) is 3.72. The van der Waals surface area contributed by atoms with Crippen LogP contribution in [0, 0.1) is 17.8 Å². The summed E-state index contributed by atoms with van der Waals surface area (Å²) in [6.45, 7) is 9.09. The van der Waals surface area contributed by atoms with E-state index in [-0.39, 0.29) is 55.0 Å². The van der Waals surface area contributed by atoms with Crippen LogP contribution in [-0.2, 0) is 30.7 Å². The Morgan fingerprint density at radius 3 is 2.62 bits per heavy atom. The highest BCUT2D eigenvalue weighted by Crippen LogP contribution is 2.33. The molecule has 2 fully saturated rings. The molecule has 0 aliphatic carbocycles. The fourth-order valence-corrected chi connectivity index (χ4v) is 7.66. The molecule has 256 valence electrons. The van der Waals surface area contributed by atoms with Crippen molar-refractivity contribution in [2.75, 3.05) is 32.8 Å². The van der Waals surface area contributed by atoms with E-state index in [9.17, 15) is 23.4 Å². The van der Waals surface area contributed by atoms with E-state index in [1.807, 2.05) is 58.0 Å². The number of aromatic nitrogens is 1. The number of alkyl carbamates (subject to hydrolysis) is 1. The Morgan fingerprint density at radius 2 is 1.89 bits per heavy atom. The zero-order valence-electron chi connectivity index (χ0n) is 27.3. The van der Waals surface area contributed by atoms with Gasteiger partial charge in [-0.1, -0.05) is 64.1 Å². The Labute approximate surface area is 276 Å². The van der Waals surface area contributed by atoms with Gasteiger partial charge in [-0.25, -0.2) is 13.2 Å². The van der Waals surface area contributed by atoms with Crippen molar-refractivity contribution in [1.29, 1.82) is 0 Å². The molecule has 0 bridgehead atoms. The second-order valence-corrected chi connectivity index (χ2v) is 15.1. The quantitative estimate of drug-likeness (QED) is 0.187. The van der Waals surface area contributed by atoms with E-state index < -0.39 is 34.4 Å². The molecule has 2 saturated heterocycles. The highest BCUT2D eigenvalue weighted by molar-refractivity contribution is 7.89. The number of aromatic hydroxyl groups is 1. The standard InChI is InChI=1S/C34H46N4O8S/c1-21(2)16-35-17-27-25-11-10-24(15-28(25)36-32(27)40)47(42,43)38(18-22(3)4)19-30(39)29(14-23-8-6-5-7-9-23)37-34(41)46-31-20-45-33-26(31)12-13-44-33/h5-11,15,17,21-22,26,29-31,33,36,39-40H,12-14,16,18-20H2,1-4H3,(H,37,41)/t26-,29+,30-,31+,33+/m1/s1. The van der Waals surface area contributed by atoms with Gasteiger partial charge in [-0.15, -0.1) is 0 Å². The summed E-state index contributed by atoms with van der Waals surface area (Å²) in [5.74, 6) is 0.140. The SMILES string of the molecule is CC(C)CN=Cc1c(O)[nH]c2cc(S(=O)(=O)N(CC(C)C)C[C@@H](O)[C@H](Cc3ccccc3)NC(=O)O[C@H]3CO[C@@H]4OCC[C@@H]43)ccc12. The normalized spacial score (nSPS) is 21.2. The topological polar surface area (TPSA) is 163 Å². The second kappa shape index (κ2) is 15.2. The van der Waals surface area contributed by atoms with E-state index in [1.165, 1.54) is 16.4 Å². The van der Waals surface area contributed by atoms with Crippen LogP contribution in [0.3, 0.4) is 0 Å². The van der Waals surface area contributed by atoms with Crippen molar-refractivity contribution in [1.82, 2.24) is 14.6 Å². The number of carbonyl (C=O) groups excluding carboxylic acids is 1. The molecule has 3 heterocycles. The maximum absolute atomic E-state index is 14.1. The van der Waals surface area contributed by atoms with Gasteiger partial charge < -0.3 is 34.7 Å². The number of nitrogens with one attached hydrogen (secondary N) is 2. The van der Waals surface area contributed by atoms with Crippen LogP contribution < -0.4 is 5.32 Å². The van der Waals surface area contributed by atoms with Crippen LogP contribution in [-0.4, -0.2) is 97.6 Å². The molecule has 47 heavy (non-hydrogen) atoms. The third-order valence-corrected chi connectivity index (χ3v) is 10.2. The molecular weight excluding hydrogens is 624 g/mol. The maximum atomic E-state index is 14.1. The number of H-pyrrole nitrogens is 1. The number of aliphatic imine (C=N–C) groups is 1. The molecule has 2 aromatic carbocycles. The first-order valence-electron chi connectivity index (χ1n) is 16.2. The lowest BCUT2D eigenvalue weighted by atomic mass is 10.0. The summed E-state index contributed by atoms with van der Waals surface area (Å²) in [5.41, 5.74) is 1.78. The van der Waals surface area contributed by atoms with Gasteiger partial charge in [0.2, 0.25) is 10.0 Å². The van der Waals surface area contributed by atoms with Crippen LogP contribution in [0.2, 0.25) is 0 Å². The molecule has 2 aliphatic rings. The van der Waals surface area contributed by atoms with Gasteiger partial charge in [0.05, 0.1) is 47.3 Å². The van der Waals surface area contributed by atoms with Crippen LogP contribution in [0.15, 0.2) is 58.4 Å². The van der Waals surface area contributed by atoms with Crippen LogP contribution >= 0.6 is 0 Å². The number of ether oxygens (including phenoxy) is 3. The van der Waals surface area contributed by atoms with E-state index in [2.05, 4.69) is 15.3 Å². The Morgan fingerprint density at radius 1 is 1.13 bits per heavy atom. The summed E-state index contributed by atoms with van der Waals surface area (Å²) in [7, 11) is -4.11. The van der Waals surface area contributed by atoms with Crippen molar-refractivity contribution in [2.24, 2.45) is 22.7 Å². The van der Waals surface area contributed by atoms with E-state index in [4.69, 9.17) is 14.2 Å². The number of fused-ring (bicyclic) bond motifs is 2. The first-order chi connectivity index (χ1) is 22.4. The number of aliphatic hydroxyl groups is 1. The van der Waals surface area contributed by atoms with Crippen molar-refractivity contribution >= 4 is 33.2 Å². The van der Waals surface area contributed by atoms with E-state index in [0.29, 0.717) is 35.5 Å². The van der Waals surface area contributed by atoms with E-state index >= 15 is 0 Å². The van der Waals surface area contributed by atoms with E-state index in [1.54, 1.807) is 12.3 Å². The Bertz CT molecular complexity index is 1640. The van der Waals surface area contributed by atoms with Gasteiger partial charge in [0, 0.05) is 31.2 Å². The fraction of sp³-hybridized carbons (Fsp3) is 0.529. The Balaban J connectivity index is 1.36. The van der Waals surface area contributed by atoms with Crippen LogP contribution in [0.4, 0.5) is 4.79 Å². The molecule has 13 heteroatoms. The summed E-state index contributed by atoms with van der Waals surface area (Å²) < 4.78 is 46.3. The van der Waals surface area contributed by atoms with Gasteiger partial charge in [-0.3, -0.25) is 4.99 Å². The molecule has 5 rings (SSSR count). The molecular formula is C34H46N4O8S. The molecule has 2 aliphatic heterocycles. The second-order valence-electron chi connectivity index (χ2n) is 13.2. The highest BCUT2D eigenvalue weighted by atomic mass is 32.2. The molecule has 12 nitrogen and oxygen atoms in total. The molecule has 0 radical (unpaired) electrons. The number of amides is 1. The van der Waals surface area contributed by atoms with Crippen molar-refractivity contribution in [3.05, 3.63) is 59.7 Å². The molecule has 5 atom stereocenters. The number of sulfonamides is 1. The van der Waals surface area contributed by atoms with Gasteiger partial charge in [0.25, 0.3) is 0 Å². The van der Waals surface area contributed by atoms with Crippen molar-refractivity contribution in [2.45, 2.75) is 70.0 Å². The van der Waals surface area contributed by atoms with Gasteiger partial charge in [0.1, 0.15) is 6.10 Å². The number of carbonyl (C=O) groups is 1. The lowest BCUT2D eigenvalue weighted by Gasteiger charge is -2.31. The molecule has 3 aromatic rings. The zero-order chi connectivity index (χ0) is 33.7. The highest BCUT2D eigenvalue weighted by Gasteiger charge is 2.44. The summed E-state index contributed by atoms with van der Waals surface area (Å²) in [6, 6.07) is 13.1. The number of hydrogen-bond acceptors (Lipinski definition) is 9. The minimum atomic E-state index is -4.11. The maximum Gasteiger partial charge on any atom is 0.407 e.